The molecule has 0 saturated carbocycles. The number of halogens is 3. The fraction of sp³-hybridized carbons (Fsp3) is 0. The van der Waals surface area contributed by atoms with Crippen molar-refractivity contribution in [1.82, 2.24) is 0 Å². The molecule has 0 rings (SSSR count). The number of primary sulfonamides is 1. The summed E-state index contributed by atoms with van der Waals surface area (Å²) in [6.07, 6.45) is 0. The number of rotatable bonds is 1. The zero-order valence-corrected chi connectivity index (χ0v) is 7.02. The molecule has 0 radical (unpaired) electrons. The minimum atomic E-state index is -3.92. The predicted molar refractivity (Wildman–Crippen MR) is 37.7 cm³/mol. The van der Waals surface area contributed by atoms with Gasteiger partial charge in [-0.3, -0.25) is 0 Å². The second-order valence-corrected chi connectivity index (χ2v) is 4.13. The van der Waals surface area contributed by atoms with Crippen LogP contribution in [0.25, 0.3) is 0 Å². The summed E-state index contributed by atoms with van der Waals surface area (Å²) in [4.78, 5) is 0. The zero-order chi connectivity index (χ0) is 7.65. The maximum atomic E-state index is 10.2. The number of sulfonamides is 1. The van der Waals surface area contributed by atoms with Crippen LogP contribution in [0.15, 0.2) is 8.86 Å². The summed E-state index contributed by atoms with van der Waals surface area (Å²) in [5, 5.41) is 4.49. The zero-order valence-electron chi connectivity index (χ0n) is 3.94. The van der Waals surface area contributed by atoms with Gasteiger partial charge < -0.3 is 0 Å². The van der Waals surface area contributed by atoms with E-state index in [2.05, 4.69) is 5.14 Å². The van der Waals surface area contributed by atoms with E-state index in [0.717, 1.165) is 0 Å². The fourth-order valence-electron chi connectivity index (χ4n) is 0.108. The molecule has 0 aromatic heterocycles. The molecule has 0 saturated heterocycles. The standard InChI is InChI=1S/C2H2Cl3NO2S/c3-1(4)2(5)9(6,7)8/h(H2,6,7,8). The minimum Gasteiger partial charge on any atom is -0.224 e. The fourth-order valence-corrected chi connectivity index (χ4v) is 0.968. The van der Waals surface area contributed by atoms with E-state index in [1.54, 1.807) is 0 Å². The summed E-state index contributed by atoms with van der Waals surface area (Å²) in [5.41, 5.74) is 0. The average molecular weight is 210 g/mol. The Bertz CT molecular complexity index is 226. The second-order valence-electron chi connectivity index (χ2n) is 1.08. The summed E-state index contributed by atoms with van der Waals surface area (Å²) < 4.78 is 19.1. The molecule has 0 atom stereocenters. The molecule has 0 amide bonds. The van der Waals surface area contributed by atoms with Crippen molar-refractivity contribution in [2.45, 2.75) is 0 Å². The van der Waals surface area contributed by atoms with E-state index in [0.29, 0.717) is 0 Å². The third-order valence-electron chi connectivity index (χ3n) is 0.398. The van der Waals surface area contributed by atoms with Crippen LogP contribution in [0, 0.1) is 0 Å². The Morgan fingerprint density at radius 3 is 1.56 bits per heavy atom. The topological polar surface area (TPSA) is 60.2 Å². The first-order valence-corrected chi connectivity index (χ1v) is 4.27. The molecule has 0 aromatic carbocycles. The Morgan fingerprint density at radius 2 is 1.56 bits per heavy atom. The Balaban J connectivity index is 4.86. The maximum Gasteiger partial charge on any atom is 0.251 e. The number of nitrogens with two attached hydrogens (primary N) is 1. The van der Waals surface area contributed by atoms with E-state index in [9.17, 15) is 8.42 Å². The molecule has 0 aliphatic heterocycles. The Hall–Kier alpha value is 0.520. The smallest absolute Gasteiger partial charge is 0.224 e. The third kappa shape index (κ3) is 3.27. The molecule has 9 heavy (non-hydrogen) atoms. The first-order chi connectivity index (χ1) is 3.85. The van der Waals surface area contributed by atoms with Crippen LogP contribution in [0.5, 0.6) is 0 Å². The SMILES string of the molecule is NS(=O)(=O)C(Cl)=C(Cl)Cl. The van der Waals surface area contributed by atoms with Crippen molar-refractivity contribution in [3.8, 4) is 0 Å². The molecule has 0 bridgehead atoms. The molecule has 0 spiro atoms. The van der Waals surface area contributed by atoms with Crippen LogP contribution in [-0.2, 0) is 10.0 Å². The first-order valence-electron chi connectivity index (χ1n) is 1.59. The molecule has 7 heteroatoms. The molecule has 54 valence electrons. The molecule has 0 fully saturated rings. The highest BCUT2D eigenvalue weighted by atomic mass is 35.5. The Labute approximate surface area is 67.4 Å². The van der Waals surface area contributed by atoms with E-state index < -0.39 is 18.9 Å². The van der Waals surface area contributed by atoms with Crippen molar-refractivity contribution in [3.63, 3.8) is 0 Å². The maximum absolute atomic E-state index is 10.2. The van der Waals surface area contributed by atoms with Crippen LogP contribution in [0.1, 0.15) is 0 Å². The molecular formula is C2H2Cl3NO2S. The van der Waals surface area contributed by atoms with E-state index in [-0.39, 0.29) is 0 Å². The van der Waals surface area contributed by atoms with Gasteiger partial charge in [-0.15, -0.1) is 0 Å². The summed E-state index contributed by atoms with van der Waals surface area (Å²) in [7, 11) is -3.92. The molecular weight excluding hydrogens is 208 g/mol. The third-order valence-corrected chi connectivity index (χ3v) is 2.73. The highest BCUT2D eigenvalue weighted by Gasteiger charge is 2.11. The molecule has 0 aliphatic carbocycles. The van der Waals surface area contributed by atoms with Crippen LogP contribution in [0.2, 0.25) is 0 Å². The first kappa shape index (κ1) is 9.52. The summed E-state index contributed by atoms with van der Waals surface area (Å²) in [6.45, 7) is 0. The van der Waals surface area contributed by atoms with Crippen LogP contribution < -0.4 is 5.14 Å². The molecule has 0 heterocycles. The van der Waals surface area contributed by atoms with Gasteiger partial charge in [0.1, 0.15) is 4.49 Å². The highest BCUT2D eigenvalue weighted by molar-refractivity contribution is 7.94. The lowest BCUT2D eigenvalue weighted by Gasteiger charge is -1.91. The van der Waals surface area contributed by atoms with Gasteiger partial charge in [0.25, 0.3) is 10.0 Å². The van der Waals surface area contributed by atoms with Crippen molar-refractivity contribution in [2.24, 2.45) is 5.14 Å². The van der Waals surface area contributed by atoms with Gasteiger partial charge in [-0.2, -0.15) is 0 Å². The van der Waals surface area contributed by atoms with Crippen LogP contribution >= 0.6 is 34.8 Å². The Kier molecular flexibility index (Phi) is 3.25. The van der Waals surface area contributed by atoms with Gasteiger partial charge >= 0.3 is 0 Å². The van der Waals surface area contributed by atoms with Gasteiger partial charge in [-0.05, 0) is 0 Å². The number of hydrogen-bond donors (Lipinski definition) is 1. The van der Waals surface area contributed by atoms with Gasteiger partial charge in [-0.25, -0.2) is 13.6 Å². The molecule has 0 unspecified atom stereocenters. The number of hydrogen-bond acceptors (Lipinski definition) is 2. The average Bonchev–Trinajstić information content (AvgIpc) is 1.62. The lowest BCUT2D eigenvalue weighted by atomic mass is 11.2. The van der Waals surface area contributed by atoms with Crippen molar-refractivity contribution in [3.05, 3.63) is 8.86 Å². The minimum absolute atomic E-state index is 0.556. The van der Waals surface area contributed by atoms with Gasteiger partial charge in [-0.1, -0.05) is 34.8 Å². The molecule has 3 nitrogen and oxygen atoms in total. The highest BCUT2D eigenvalue weighted by Crippen LogP contribution is 2.20. The van der Waals surface area contributed by atoms with Crippen LogP contribution in [0.3, 0.4) is 0 Å². The van der Waals surface area contributed by atoms with Crippen molar-refractivity contribution < 1.29 is 8.42 Å². The van der Waals surface area contributed by atoms with E-state index in [1.807, 2.05) is 0 Å². The van der Waals surface area contributed by atoms with Crippen LogP contribution in [0.4, 0.5) is 0 Å². The normalized spacial score (nSPS) is 11.1. The largest absolute Gasteiger partial charge is 0.251 e. The van der Waals surface area contributed by atoms with Crippen molar-refractivity contribution >= 4 is 44.8 Å². The molecule has 2 N–H and O–H groups in total. The summed E-state index contributed by atoms with van der Waals surface area (Å²) >= 11 is 14.9. The van der Waals surface area contributed by atoms with Crippen molar-refractivity contribution in [2.75, 3.05) is 0 Å². The lowest BCUT2D eigenvalue weighted by Crippen LogP contribution is -2.11. The van der Waals surface area contributed by atoms with Gasteiger partial charge in [0, 0.05) is 0 Å². The monoisotopic (exact) mass is 209 g/mol. The van der Waals surface area contributed by atoms with E-state index >= 15 is 0 Å². The quantitative estimate of drug-likeness (QED) is 0.705. The molecule has 0 aliphatic rings. The lowest BCUT2D eigenvalue weighted by molar-refractivity contribution is 0.605. The van der Waals surface area contributed by atoms with Gasteiger partial charge in [0.2, 0.25) is 0 Å². The van der Waals surface area contributed by atoms with Crippen LogP contribution in [-0.4, -0.2) is 8.42 Å². The van der Waals surface area contributed by atoms with E-state index in [4.69, 9.17) is 34.8 Å². The van der Waals surface area contributed by atoms with Gasteiger partial charge in [0.15, 0.2) is 4.36 Å². The Morgan fingerprint density at radius 1 is 1.22 bits per heavy atom. The molecule has 0 aromatic rings. The van der Waals surface area contributed by atoms with Crippen molar-refractivity contribution in [1.29, 1.82) is 0 Å². The second kappa shape index (κ2) is 3.07. The summed E-state index contributed by atoms with van der Waals surface area (Å²) in [5.74, 6) is 0. The summed E-state index contributed by atoms with van der Waals surface area (Å²) in [6, 6.07) is 0. The predicted octanol–water partition coefficient (Wildman–Crippen LogP) is 1.12. The van der Waals surface area contributed by atoms with Gasteiger partial charge in [0.05, 0.1) is 0 Å². The van der Waals surface area contributed by atoms with E-state index in [1.165, 1.54) is 0 Å².